The first-order valence-electron chi connectivity index (χ1n) is 8.81. The maximum Gasteiger partial charge on any atom is 0.162 e. The Bertz CT molecular complexity index is 1100. The number of fused-ring (bicyclic) bond motifs is 1. The summed E-state index contributed by atoms with van der Waals surface area (Å²) < 4.78 is 10.7. The van der Waals surface area contributed by atoms with Crippen molar-refractivity contribution in [1.82, 2.24) is 4.98 Å². The van der Waals surface area contributed by atoms with E-state index in [9.17, 15) is 4.79 Å². The van der Waals surface area contributed by atoms with E-state index in [1.807, 2.05) is 19.1 Å². The zero-order chi connectivity index (χ0) is 21.6. The lowest BCUT2D eigenvalue weighted by atomic mass is 9.96. The first-order valence-corrected chi connectivity index (χ1v) is 9.62. The second-order valence-electron chi connectivity index (χ2n) is 5.65. The van der Waals surface area contributed by atoms with Crippen LogP contribution in [0.1, 0.15) is 28.6 Å². The van der Waals surface area contributed by atoms with Gasteiger partial charge in [-0.1, -0.05) is 24.8 Å². The fraction of sp³-hybridized carbons (Fsp3) is 0.238. The number of aromatic nitrogens is 1. The van der Waals surface area contributed by atoms with Gasteiger partial charge in [0, 0.05) is 17.4 Å². The number of pyridine rings is 1. The summed E-state index contributed by atoms with van der Waals surface area (Å²) in [4.78, 5) is 16.8. The van der Waals surface area contributed by atoms with Crippen molar-refractivity contribution in [3.8, 4) is 34.5 Å². The number of nitrogens with two attached hydrogens (primary N) is 3. The van der Waals surface area contributed by atoms with Gasteiger partial charge < -0.3 is 26.7 Å². The predicted octanol–water partition coefficient (Wildman–Crippen LogP) is 3.29. The maximum atomic E-state index is 11.4. The summed E-state index contributed by atoms with van der Waals surface area (Å²) in [6.07, 6.45) is 1.40. The van der Waals surface area contributed by atoms with Crippen molar-refractivity contribution in [1.29, 1.82) is 0 Å². The van der Waals surface area contributed by atoms with Crippen molar-refractivity contribution in [2.75, 3.05) is 32.7 Å². The molecule has 2 aromatic heterocycles. The van der Waals surface area contributed by atoms with Gasteiger partial charge in [0.2, 0.25) is 0 Å². The molecule has 0 spiro atoms. The SMILES string of the molecule is CCC#Cc1c(N)nc2sc(C=O)c(N)c2c1-c1ccc(OC)c(OC)c1.CN. The molecule has 152 valence electrons. The highest BCUT2D eigenvalue weighted by molar-refractivity contribution is 7.21. The second-order valence-corrected chi connectivity index (χ2v) is 6.68. The molecule has 0 unspecified atom stereocenters. The monoisotopic (exact) mass is 412 g/mol. The molecule has 6 N–H and O–H groups in total. The molecule has 3 rings (SSSR count). The number of hydrogen-bond donors (Lipinski definition) is 3. The number of rotatable bonds is 4. The Kier molecular flexibility index (Phi) is 7.42. The Hall–Kier alpha value is -3.28. The quantitative estimate of drug-likeness (QED) is 0.443. The Balaban J connectivity index is 0.00000145. The van der Waals surface area contributed by atoms with E-state index in [1.54, 1.807) is 20.3 Å². The zero-order valence-corrected chi connectivity index (χ0v) is 17.6. The van der Waals surface area contributed by atoms with E-state index in [4.69, 9.17) is 20.9 Å². The molecule has 0 atom stereocenters. The molecule has 29 heavy (non-hydrogen) atoms. The lowest BCUT2D eigenvalue weighted by Crippen LogP contribution is -2.00. The Labute approximate surface area is 173 Å². The molecule has 3 aromatic rings. The molecule has 0 aliphatic heterocycles. The minimum absolute atomic E-state index is 0.298. The average molecular weight is 413 g/mol. The molecule has 7 nitrogen and oxygen atoms in total. The van der Waals surface area contributed by atoms with E-state index in [0.717, 1.165) is 17.4 Å². The molecular weight excluding hydrogens is 388 g/mol. The molecule has 0 amide bonds. The van der Waals surface area contributed by atoms with Crippen LogP contribution in [0.5, 0.6) is 11.5 Å². The van der Waals surface area contributed by atoms with Crippen LogP contribution in [0.25, 0.3) is 21.3 Å². The summed E-state index contributed by atoms with van der Waals surface area (Å²) in [6.45, 7) is 1.95. The molecule has 0 radical (unpaired) electrons. The Morgan fingerprint density at radius 1 is 1.17 bits per heavy atom. The molecular formula is C21H24N4O3S. The van der Waals surface area contributed by atoms with Crippen molar-refractivity contribution in [2.45, 2.75) is 13.3 Å². The van der Waals surface area contributed by atoms with Gasteiger partial charge in [-0.15, -0.1) is 11.3 Å². The summed E-state index contributed by atoms with van der Waals surface area (Å²) in [5.74, 6) is 7.60. The van der Waals surface area contributed by atoms with Gasteiger partial charge in [-0.05, 0) is 24.7 Å². The van der Waals surface area contributed by atoms with Crippen molar-refractivity contribution in [2.24, 2.45) is 5.73 Å². The van der Waals surface area contributed by atoms with E-state index in [1.165, 1.54) is 18.4 Å². The highest BCUT2D eigenvalue weighted by Crippen LogP contribution is 2.43. The summed E-state index contributed by atoms with van der Waals surface area (Å²) in [5, 5.41) is 0.670. The predicted molar refractivity (Wildman–Crippen MR) is 120 cm³/mol. The van der Waals surface area contributed by atoms with Crippen LogP contribution in [0.15, 0.2) is 18.2 Å². The number of carbonyl (C=O) groups excluding carboxylic acids is 1. The van der Waals surface area contributed by atoms with Crippen LogP contribution in [0.4, 0.5) is 11.5 Å². The highest BCUT2D eigenvalue weighted by Gasteiger charge is 2.21. The van der Waals surface area contributed by atoms with Gasteiger partial charge in [0.1, 0.15) is 10.6 Å². The van der Waals surface area contributed by atoms with Crippen LogP contribution >= 0.6 is 11.3 Å². The van der Waals surface area contributed by atoms with E-state index in [0.29, 0.717) is 50.1 Å². The molecule has 0 saturated carbocycles. The number of ether oxygens (including phenoxy) is 2. The minimum atomic E-state index is 0.298. The van der Waals surface area contributed by atoms with Gasteiger partial charge >= 0.3 is 0 Å². The van der Waals surface area contributed by atoms with Gasteiger partial charge in [-0.2, -0.15) is 0 Å². The molecule has 0 bridgehead atoms. The standard InChI is InChI=1S/C20H19N3O3S.CH5N/c1-4-5-6-12-16(11-7-8-13(25-2)14(9-11)26-3)17-18(21)15(10-24)27-20(17)23-19(12)22;1-2/h7-10H,4,21H2,1-3H3,(H2,22,23);2H2,1H3. The largest absolute Gasteiger partial charge is 0.493 e. The average Bonchev–Trinajstić information content (AvgIpc) is 3.07. The number of thiophene rings is 1. The molecule has 0 aliphatic carbocycles. The highest BCUT2D eigenvalue weighted by atomic mass is 32.1. The molecule has 8 heteroatoms. The normalized spacial score (nSPS) is 9.83. The van der Waals surface area contributed by atoms with Crippen molar-refractivity contribution in [3.63, 3.8) is 0 Å². The minimum Gasteiger partial charge on any atom is -0.493 e. The van der Waals surface area contributed by atoms with Gasteiger partial charge in [-0.3, -0.25) is 4.79 Å². The van der Waals surface area contributed by atoms with Crippen molar-refractivity contribution in [3.05, 3.63) is 28.6 Å². The van der Waals surface area contributed by atoms with Crippen molar-refractivity contribution < 1.29 is 14.3 Å². The van der Waals surface area contributed by atoms with Gasteiger partial charge in [0.05, 0.1) is 30.3 Å². The van der Waals surface area contributed by atoms with Crippen molar-refractivity contribution >= 4 is 39.3 Å². The van der Waals surface area contributed by atoms with Crippen LogP contribution < -0.4 is 26.7 Å². The third-order valence-corrected chi connectivity index (χ3v) is 5.13. The van der Waals surface area contributed by atoms with E-state index >= 15 is 0 Å². The zero-order valence-electron chi connectivity index (χ0n) is 16.8. The summed E-state index contributed by atoms with van der Waals surface area (Å²) in [7, 11) is 4.64. The molecule has 1 aromatic carbocycles. The number of hydrogen-bond acceptors (Lipinski definition) is 8. The van der Waals surface area contributed by atoms with Crippen LogP contribution in [-0.2, 0) is 0 Å². The number of nitrogens with zero attached hydrogens (tertiary/aromatic N) is 1. The number of nitrogen functional groups attached to an aromatic ring is 2. The number of carbonyl (C=O) groups is 1. The van der Waals surface area contributed by atoms with Gasteiger partial charge in [0.25, 0.3) is 0 Å². The molecule has 0 saturated heterocycles. The summed E-state index contributed by atoms with van der Waals surface area (Å²) in [6, 6.07) is 5.52. The fourth-order valence-corrected chi connectivity index (χ4v) is 3.79. The topological polar surface area (TPSA) is 126 Å². The summed E-state index contributed by atoms with van der Waals surface area (Å²) >= 11 is 1.21. The van der Waals surface area contributed by atoms with Gasteiger partial charge in [-0.25, -0.2) is 4.98 Å². The number of aldehydes is 1. The first kappa shape index (κ1) is 22.0. The lowest BCUT2D eigenvalue weighted by molar-refractivity contribution is 0.112. The molecule has 0 fully saturated rings. The van der Waals surface area contributed by atoms with Crippen LogP contribution in [0.3, 0.4) is 0 Å². The number of benzene rings is 1. The third kappa shape index (κ3) is 4.11. The second kappa shape index (κ2) is 9.78. The first-order chi connectivity index (χ1) is 14.0. The van der Waals surface area contributed by atoms with Crippen LogP contribution in [-0.4, -0.2) is 32.5 Å². The Morgan fingerprint density at radius 3 is 2.45 bits per heavy atom. The van der Waals surface area contributed by atoms with Gasteiger partial charge in [0.15, 0.2) is 17.8 Å². The lowest BCUT2D eigenvalue weighted by Gasteiger charge is -2.13. The maximum absolute atomic E-state index is 11.4. The van der Waals surface area contributed by atoms with E-state index < -0.39 is 0 Å². The van der Waals surface area contributed by atoms with Crippen LogP contribution in [0, 0.1) is 11.8 Å². The third-order valence-electron chi connectivity index (χ3n) is 4.10. The van der Waals surface area contributed by atoms with E-state index in [2.05, 4.69) is 22.6 Å². The van der Waals surface area contributed by atoms with E-state index in [-0.39, 0.29) is 0 Å². The summed E-state index contributed by atoms with van der Waals surface area (Å²) in [5.41, 5.74) is 19.5. The Morgan fingerprint density at radius 2 is 1.86 bits per heavy atom. The fourth-order valence-electron chi connectivity index (χ4n) is 2.86. The van der Waals surface area contributed by atoms with Crippen LogP contribution in [0.2, 0.25) is 0 Å². The number of anilines is 2. The molecule has 2 heterocycles. The smallest absolute Gasteiger partial charge is 0.162 e. The number of methoxy groups -OCH3 is 2. The molecule has 0 aliphatic rings.